The molecule has 2 amide bonds. The van der Waals surface area contributed by atoms with Gasteiger partial charge >= 0.3 is 5.97 Å². The predicted octanol–water partition coefficient (Wildman–Crippen LogP) is -2.50. The number of carbonyl (C=O) groups is 3. The van der Waals surface area contributed by atoms with Gasteiger partial charge < -0.3 is 26.2 Å². The van der Waals surface area contributed by atoms with Crippen LogP contribution in [-0.2, 0) is 14.4 Å². The van der Waals surface area contributed by atoms with E-state index in [0.29, 0.717) is 0 Å². The number of aliphatic hydroxyl groups is 1. The monoisotopic (exact) mass is 259 g/mol. The Morgan fingerprint density at radius 1 is 1.50 bits per heavy atom. The summed E-state index contributed by atoms with van der Waals surface area (Å²) in [5, 5.41) is 20.4. The molecule has 0 aromatic heterocycles. The third-order valence-corrected chi connectivity index (χ3v) is 2.81. The van der Waals surface area contributed by atoms with Gasteiger partial charge in [0.15, 0.2) is 0 Å². The van der Waals surface area contributed by atoms with Crippen molar-refractivity contribution in [3.05, 3.63) is 0 Å². The fourth-order valence-electron chi connectivity index (χ4n) is 1.83. The van der Waals surface area contributed by atoms with Gasteiger partial charge in [0, 0.05) is 13.0 Å². The maximum absolute atomic E-state index is 11.8. The first-order valence-electron chi connectivity index (χ1n) is 5.57. The number of likely N-dealkylation sites (tertiary alicyclic amines) is 1. The summed E-state index contributed by atoms with van der Waals surface area (Å²) in [4.78, 5) is 35.1. The number of aliphatic carboxylic acids is 1. The van der Waals surface area contributed by atoms with Crippen molar-refractivity contribution >= 4 is 17.8 Å². The molecule has 0 bridgehead atoms. The number of nitrogens with zero attached hydrogens (tertiary/aromatic N) is 1. The Bertz CT molecular complexity index is 359. The van der Waals surface area contributed by atoms with Crippen LogP contribution in [0.1, 0.15) is 13.3 Å². The molecule has 0 aliphatic carbocycles. The minimum Gasteiger partial charge on any atom is -0.480 e. The average molecular weight is 259 g/mol. The summed E-state index contributed by atoms with van der Waals surface area (Å²) in [6.45, 7) is 1.10. The fourth-order valence-corrected chi connectivity index (χ4v) is 1.83. The molecular weight excluding hydrogens is 242 g/mol. The second-order valence-electron chi connectivity index (χ2n) is 4.22. The van der Waals surface area contributed by atoms with Gasteiger partial charge in [0.2, 0.25) is 11.8 Å². The van der Waals surface area contributed by atoms with Crippen molar-refractivity contribution in [1.82, 2.24) is 10.2 Å². The SMILES string of the molecule is C[C@H](NC(=O)[C@@H]1C[C@H](O)CN1C(=O)CN)C(=O)O. The van der Waals surface area contributed by atoms with E-state index in [-0.39, 0.29) is 19.5 Å². The Labute approximate surface area is 104 Å². The minimum absolute atomic E-state index is 0.0373. The van der Waals surface area contributed by atoms with Gasteiger partial charge in [0.05, 0.1) is 12.6 Å². The van der Waals surface area contributed by atoms with Gasteiger partial charge in [-0.3, -0.25) is 14.4 Å². The minimum atomic E-state index is -1.17. The van der Waals surface area contributed by atoms with Crippen molar-refractivity contribution in [1.29, 1.82) is 0 Å². The number of β-amino-alcohol motifs (C(OH)–C–C–N with tert-alkyl or cyclic N) is 1. The Morgan fingerprint density at radius 2 is 2.11 bits per heavy atom. The van der Waals surface area contributed by atoms with Crippen molar-refractivity contribution in [2.24, 2.45) is 5.73 Å². The highest BCUT2D eigenvalue weighted by molar-refractivity contribution is 5.91. The van der Waals surface area contributed by atoms with Crippen LogP contribution < -0.4 is 11.1 Å². The van der Waals surface area contributed by atoms with E-state index in [9.17, 15) is 19.5 Å². The molecule has 5 N–H and O–H groups in total. The standard InChI is InChI=1S/C10H17N3O5/c1-5(10(17)18)12-9(16)7-2-6(14)4-13(7)8(15)3-11/h5-7,14H,2-4,11H2,1H3,(H,12,16)(H,17,18)/t5-,6-,7-/m0/s1. The lowest BCUT2D eigenvalue weighted by Gasteiger charge is -2.23. The van der Waals surface area contributed by atoms with Crippen molar-refractivity contribution < 1.29 is 24.6 Å². The van der Waals surface area contributed by atoms with E-state index in [1.54, 1.807) is 0 Å². The summed E-state index contributed by atoms with van der Waals surface area (Å²) in [7, 11) is 0. The Morgan fingerprint density at radius 3 is 2.61 bits per heavy atom. The van der Waals surface area contributed by atoms with E-state index < -0.39 is 36.0 Å². The van der Waals surface area contributed by atoms with Crippen molar-refractivity contribution in [3.8, 4) is 0 Å². The molecule has 8 nitrogen and oxygen atoms in total. The van der Waals surface area contributed by atoms with Crippen LogP contribution in [0.2, 0.25) is 0 Å². The molecule has 102 valence electrons. The molecule has 0 aromatic carbocycles. The van der Waals surface area contributed by atoms with Crippen LogP contribution in [0.3, 0.4) is 0 Å². The third-order valence-electron chi connectivity index (χ3n) is 2.81. The summed E-state index contributed by atoms with van der Waals surface area (Å²) in [5.41, 5.74) is 5.21. The fraction of sp³-hybridized carbons (Fsp3) is 0.700. The molecule has 0 unspecified atom stereocenters. The number of amides is 2. The van der Waals surface area contributed by atoms with Crippen LogP contribution in [0.25, 0.3) is 0 Å². The van der Waals surface area contributed by atoms with Crippen LogP contribution in [0.5, 0.6) is 0 Å². The van der Waals surface area contributed by atoms with Crippen molar-refractivity contribution in [3.63, 3.8) is 0 Å². The number of rotatable bonds is 4. The lowest BCUT2D eigenvalue weighted by molar-refractivity contribution is -0.143. The first kappa shape index (κ1) is 14.4. The first-order valence-corrected chi connectivity index (χ1v) is 5.57. The molecule has 0 saturated carbocycles. The maximum Gasteiger partial charge on any atom is 0.325 e. The number of carboxylic acid groups (broad SMARTS) is 1. The molecule has 0 radical (unpaired) electrons. The van der Waals surface area contributed by atoms with Crippen molar-refractivity contribution in [2.45, 2.75) is 31.5 Å². The smallest absolute Gasteiger partial charge is 0.325 e. The topological polar surface area (TPSA) is 133 Å². The summed E-state index contributed by atoms with van der Waals surface area (Å²) in [6, 6.07) is -1.91. The Kier molecular flexibility index (Phi) is 4.62. The molecule has 1 aliphatic rings. The lowest BCUT2D eigenvalue weighted by atomic mass is 10.1. The molecule has 1 saturated heterocycles. The van der Waals surface area contributed by atoms with Gasteiger partial charge in [-0.15, -0.1) is 0 Å². The molecule has 1 aliphatic heterocycles. The zero-order valence-corrected chi connectivity index (χ0v) is 10.00. The first-order chi connectivity index (χ1) is 8.36. The number of nitrogens with two attached hydrogens (primary N) is 1. The normalized spacial score (nSPS) is 24.7. The van der Waals surface area contributed by atoms with Gasteiger partial charge in [-0.25, -0.2) is 0 Å². The summed E-state index contributed by atoms with van der Waals surface area (Å²) >= 11 is 0. The van der Waals surface area contributed by atoms with Crippen molar-refractivity contribution in [2.75, 3.05) is 13.1 Å². The van der Waals surface area contributed by atoms with E-state index in [2.05, 4.69) is 5.32 Å². The number of nitrogens with one attached hydrogen (secondary N) is 1. The van der Waals surface area contributed by atoms with Gasteiger partial charge in [-0.05, 0) is 6.92 Å². The number of aliphatic hydroxyl groups excluding tert-OH is 1. The molecule has 1 rings (SSSR count). The van der Waals surface area contributed by atoms with E-state index in [4.69, 9.17) is 10.8 Å². The van der Waals surface area contributed by atoms with Gasteiger partial charge in [0.1, 0.15) is 12.1 Å². The molecule has 0 spiro atoms. The molecular formula is C10H17N3O5. The van der Waals surface area contributed by atoms with E-state index in [1.807, 2.05) is 0 Å². The highest BCUT2D eigenvalue weighted by Crippen LogP contribution is 2.18. The summed E-state index contributed by atoms with van der Waals surface area (Å²) in [6.07, 6.45) is -0.708. The molecule has 0 aromatic rings. The number of carboxylic acids is 1. The zero-order chi connectivity index (χ0) is 13.9. The Balaban J connectivity index is 2.70. The lowest BCUT2D eigenvalue weighted by Crippen LogP contribution is -2.51. The average Bonchev–Trinajstić information content (AvgIpc) is 2.70. The van der Waals surface area contributed by atoms with Crippen LogP contribution >= 0.6 is 0 Å². The highest BCUT2D eigenvalue weighted by atomic mass is 16.4. The molecule has 3 atom stereocenters. The quantitative estimate of drug-likeness (QED) is 0.441. The Hall–Kier alpha value is -1.67. The zero-order valence-electron chi connectivity index (χ0n) is 10.00. The molecule has 18 heavy (non-hydrogen) atoms. The van der Waals surface area contributed by atoms with Gasteiger partial charge in [0.25, 0.3) is 0 Å². The second-order valence-corrected chi connectivity index (χ2v) is 4.22. The molecule has 1 heterocycles. The highest BCUT2D eigenvalue weighted by Gasteiger charge is 2.38. The molecule has 8 heteroatoms. The van der Waals surface area contributed by atoms with Gasteiger partial charge in [-0.2, -0.15) is 0 Å². The van der Waals surface area contributed by atoms with Crippen LogP contribution in [0.15, 0.2) is 0 Å². The van der Waals surface area contributed by atoms with Crippen LogP contribution in [0.4, 0.5) is 0 Å². The van der Waals surface area contributed by atoms with E-state index in [0.717, 1.165) is 0 Å². The summed E-state index contributed by atoms with van der Waals surface area (Å²) < 4.78 is 0. The second kappa shape index (κ2) is 5.78. The van der Waals surface area contributed by atoms with Crippen LogP contribution in [-0.4, -0.2) is 64.2 Å². The molecule has 1 fully saturated rings. The van der Waals surface area contributed by atoms with Gasteiger partial charge in [-0.1, -0.05) is 0 Å². The van der Waals surface area contributed by atoms with Crippen LogP contribution in [0, 0.1) is 0 Å². The number of carbonyl (C=O) groups excluding carboxylic acids is 2. The summed E-state index contributed by atoms with van der Waals surface area (Å²) in [5.74, 6) is -2.21. The largest absolute Gasteiger partial charge is 0.480 e. The third kappa shape index (κ3) is 3.17. The maximum atomic E-state index is 11.8. The number of hydrogen-bond donors (Lipinski definition) is 4. The van der Waals surface area contributed by atoms with E-state index >= 15 is 0 Å². The van der Waals surface area contributed by atoms with E-state index in [1.165, 1.54) is 11.8 Å². The number of hydrogen-bond acceptors (Lipinski definition) is 5. The predicted molar refractivity (Wildman–Crippen MR) is 60.4 cm³/mol.